The second kappa shape index (κ2) is 9.32. The average Bonchev–Trinajstić information content (AvgIpc) is 2.74. The van der Waals surface area contributed by atoms with Crippen LogP contribution in [0.15, 0.2) is 60.7 Å². The number of rotatable bonds is 6. The van der Waals surface area contributed by atoms with Gasteiger partial charge in [0.25, 0.3) is 0 Å². The average molecular weight is 438 g/mol. The van der Waals surface area contributed by atoms with Crippen molar-refractivity contribution in [2.75, 3.05) is 17.3 Å². The van der Waals surface area contributed by atoms with Gasteiger partial charge in [-0.25, -0.2) is 0 Å². The number of hydrogen-bond acceptors (Lipinski definition) is 6. The Morgan fingerprint density at radius 1 is 1.06 bits per heavy atom. The summed E-state index contributed by atoms with van der Waals surface area (Å²) in [6.45, 7) is 2.58. The summed E-state index contributed by atoms with van der Waals surface area (Å²) in [4.78, 5) is 52.7. The molecule has 1 fully saturated rings. The number of aliphatic hydroxyl groups is 1. The van der Waals surface area contributed by atoms with Crippen molar-refractivity contribution >= 4 is 34.9 Å². The lowest BCUT2D eigenvalue weighted by molar-refractivity contribution is -0.159. The molecule has 2 aromatic carbocycles. The number of anilines is 2. The molecule has 1 aliphatic heterocycles. The number of benzene rings is 2. The summed E-state index contributed by atoms with van der Waals surface area (Å²) >= 11 is 0. The molecule has 3 rings (SSSR count). The third-order valence-electron chi connectivity index (χ3n) is 5.79. The number of Topliss-reactive ketones (excluding diaryl/α,β-unsaturated/α-hetero) is 1. The summed E-state index contributed by atoms with van der Waals surface area (Å²) in [5, 5.41) is 14.3. The molecule has 0 spiro atoms. The van der Waals surface area contributed by atoms with Gasteiger partial charge in [0, 0.05) is 17.3 Å². The van der Waals surface area contributed by atoms with Gasteiger partial charge in [0.05, 0.1) is 19.4 Å². The fourth-order valence-corrected chi connectivity index (χ4v) is 4.42. The molecule has 1 saturated heterocycles. The van der Waals surface area contributed by atoms with Crippen LogP contribution in [0.3, 0.4) is 0 Å². The molecule has 2 amide bonds. The molecule has 2 N–H and O–H groups in total. The maximum absolute atomic E-state index is 13.5. The Morgan fingerprint density at radius 3 is 2.16 bits per heavy atom. The van der Waals surface area contributed by atoms with Gasteiger partial charge in [0.1, 0.15) is 11.7 Å². The Bertz CT molecular complexity index is 1010. The molecular formula is C24H26N2O6. The summed E-state index contributed by atoms with van der Waals surface area (Å²) in [6, 6.07) is 16.9. The lowest BCUT2D eigenvalue weighted by atomic mass is 9.68. The maximum atomic E-state index is 13.5. The Balaban J connectivity index is 2.13. The summed E-state index contributed by atoms with van der Waals surface area (Å²) in [5.74, 6) is -6.17. The highest BCUT2D eigenvalue weighted by molar-refractivity contribution is 6.11. The predicted octanol–water partition coefficient (Wildman–Crippen LogP) is 2.38. The monoisotopic (exact) mass is 438 g/mol. The number of ketones is 1. The van der Waals surface area contributed by atoms with E-state index in [1.54, 1.807) is 60.7 Å². The van der Waals surface area contributed by atoms with E-state index in [0.717, 1.165) is 4.90 Å². The molecule has 0 bridgehead atoms. The number of amides is 2. The van der Waals surface area contributed by atoms with E-state index in [4.69, 9.17) is 4.74 Å². The van der Waals surface area contributed by atoms with Crippen LogP contribution in [0.1, 0.15) is 20.3 Å². The zero-order valence-corrected chi connectivity index (χ0v) is 18.1. The molecule has 4 atom stereocenters. The molecule has 4 unspecified atom stereocenters. The minimum atomic E-state index is -2.03. The van der Waals surface area contributed by atoms with E-state index in [1.165, 1.54) is 21.0 Å². The number of methoxy groups -OCH3 is 1. The third kappa shape index (κ3) is 4.40. The number of para-hydroxylation sites is 2. The van der Waals surface area contributed by atoms with E-state index in [-0.39, 0.29) is 6.42 Å². The SMILES string of the molecule is COC(=O)CC1C(C(C)=O)C(=O)N(c2ccccc2)C(C)(O)C1C(=O)Nc1ccccc1. The van der Waals surface area contributed by atoms with Gasteiger partial charge >= 0.3 is 5.97 Å². The Kier molecular flexibility index (Phi) is 6.74. The molecule has 8 heteroatoms. The topological polar surface area (TPSA) is 113 Å². The fraction of sp³-hybridized carbons (Fsp3) is 0.333. The van der Waals surface area contributed by atoms with Gasteiger partial charge in [-0.15, -0.1) is 0 Å². The van der Waals surface area contributed by atoms with Gasteiger partial charge in [-0.05, 0) is 38.1 Å². The number of hydrogen-bond donors (Lipinski definition) is 2. The first-order valence-corrected chi connectivity index (χ1v) is 10.2. The molecule has 0 radical (unpaired) electrons. The molecule has 32 heavy (non-hydrogen) atoms. The zero-order valence-electron chi connectivity index (χ0n) is 18.1. The summed E-state index contributed by atoms with van der Waals surface area (Å²) in [6.07, 6.45) is -0.377. The van der Waals surface area contributed by atoms with Crippen LogP contribution in [0.2, 0.25) is 0 Å². The summed E-state index contributed by atoms with van der Waals surface area (Å²) < 4.78 is 4.75. The van der Waals surface area contributed by atoms with Crippen LogP contribution in [0.4, 0.5) is 11.4 Å². The standard InChI is InChI=1S/C24H26N2O6/c1-15(27)20-18(14-19(28)32-3)21(22(29)25-16-10-6-4-7-11-16)24(2,31)26(23(20)30)17-12-8-5-9-13-17/h4-13,18,20-21,31H,14H2,1-3H3,(H,25,29). The number of carbonyl (C=O) groups is 4. The summed E-state index contributed by atoms with van der Waals surface area (Å²) in [7, 11) is 1.18. The van der Waals surface area contributed by atoms with Crippen LogP contribution < -0.4 is 10.2 Å². The Labute approximate surface area is 186 Å². The predicted molar refractivity (Wildman–Crippen MR) is 117 cm³/mol. The van der Waals surface area contributed by atoms with Crippen molar-refractivity contribution in [1.82, 2.24) is 0 Å². The molecule has 8 nitrogen and oxygen atoms in total. The van der Waals surface area contributed by atoms with Gasteiger partial charge in [-0.1, -0.05) is 36.4 Å². The number of nitrogens with zero attached hydrogens (tertiary/aromatic N) is 1. The largest absolute Gasteiger partial charge is 0.469 e. The van der Waals surface area contributed by atoms with Gasteiger partial charge < -0.3 is 15.2 Å². The number of nitrogens with one attached hydrogen (secondary N) is 1. The van der Waals surface area contributed by atoms with Crippen LogP contribution >= 0.6 is 0 Å². The molecule has 0 aliphatic carbocycles. The quantitative estimate of drug-likeness (QED) is 0.529. The Morgan fingerprint density at radius 2 is 1.62 bits per heavy atom. The highest BCUT2D eigenvalue weighted by Gasteiger charge is 2.59. The van der Waals surface area contributed by atoms with Crippen LogP contribution in [-0.2, 0) is 23.9 Å². The number of esters is 1. The van der Waals surface area contributed by atoms with Crippen molar-refractivity contribution in [1.29, 1.82) is 0 Å². The van der Waals surface area contributed by atoms with Gasteiger partial charge in [0.2, 0.25) is 11.8 Å². The maximum Gasteiger partial charge on any atom is 0.305 e. The molecule has 1 heterocycles. The van der Waals surface area contributed by atoms with E-state index in [9.17, 15) is 24.3 Å². The van der Waals surface area contributed by atoms with Gasteiger partial charge in [0.15, 0.2) is 5.72 Å². The van der Waals surface area contributed by atoms with Crippen molar-refractivity contribution in [3.8, 4) is 0 Å². The first-order chi connectivity index (χ1) is 15.2. The van der Waals surface area contributed by atoms with Crippen LogP contribution in [-0.4, -0.2) is 41.5 Å². The lowest BCUT2D eigenvalue weighted by Crippen LogP contribution is -2.68. The lowest BCUT2D eigenvalue weighted by Gasteiger charge is -2.51. The van der Waals surface area contributed by atoms with Crippen LogP contribution in [0, 0.1) is 17.8 Å². The molecular weight excluding hydrogens is 412 g/mol. The Hall–Kier alpha value is -3.52. The van der Waals surface area contributed by atoms with E-state index >= 15 is 0 Å². The zero-order chi connectivity index (χ0) is 23.5. The number of ether oxygens (including phenoxy) is 1. The molecule has 0 aromatic heterocycles. The molecule has 0 saturated carbocycles. The van der Waals surface area contributed by atoms with E-state index < -0.39 is 47.0 Å². The van der Waals surface area contributed by atoms with E-state index in [1.807, 2.05) is 0 Å². The first kappa shape index (κ1) is 23.1. The fourth-order valence-electron chi connectivity index (χ4n) is 4.42. The van der Waals surface area contributed by atoms with Crippen LogP contribution in [0.25, 0.3) is 0 Å². The highest BCUT2D eigenvalue weighted by atomic mass is 16.5. The van der Waals surface area contributed by atoms with Crippen molar-refractivity contribution in [3.05, 3.63) is 60.7 Å². The van der Waals surface area contributed by atoms with E-state index in [0.29, 0.717) is 11.4 Å². The highest BCUT2D eigenvalue weighted by Crippen LogP contribution is 2.44. The molecule has 2 aromatic rings. The summed E-state index contributed by atoms with van der Waals surface area (Å²) in [5.41, 5.74) is -1.21. The number of carbonyl (C=O) groups excluding carboxylic acids is 4. The second-order valence-corrected chi connectivity index (χ2v) is 7.97. The van der Waals surface area contributed by atoms with Crippen molar-refractivity contribution in [2.24, 2.45) is 17.8 Å². The molecule has 168 valence electrons. The van der Waals surface area contributed by atoms with Gasteiger partial charge in [-0.3, -0.25) is 24.1 Å². The normalized spacial score (nSPS) is 25.2. The molecule has 1 aliphatic rings. The second-order valence-electron chi connectivity index (χ2n) is 7.97. The van der Waals surface area contributed by atoms with Crippen molar-refractivity contribution < 1.29 is 29.0 Å². The minimum absolute atomic E-state index is 0.336. The van der Waals surface area contributed by atoms with Crippen molar-refractivity contribution in [2.45, 2.75) is 26.0 Å². The van der Waals surface area contributed by atoms with E-state index in [2.05, 4.69) is 5.32 Å². The third-order valence-corrected chi connectivity index (χ3v) is 5.79. The smallest absolute Gasteiger partial charge is 0.305 e. The van der Waals surface area contributed by atoms with Crippen molar-refractivity contribution in [3.63, 3.8) is 0 Å². The minimum Gasteiger partial charge on any atom is -0.469 e. The van der Waals surface area contributed by atoms with Gasteiger partial charge in [-0.2, -0.15) is 0 Å². The van der Waals surface area contributed by atoms with Crippen LogP contribution in [0.5, 0.6) is 0 Å². The first-order valence-electron chi connectivity index (χ1n) is 10.2. The number of piperidine rings is 1.